The lowest BCUT2D eigenvalue weighted by atomic mass is 10.1. The molecule has 76 valence electrons. The van der Waals surface area contributed by atoms with Gasteiger partial charge in [-0.3, -0.25) is 4.79 Å². The molecule has 0 saturated carbocycles. The normalized spacial score (nSPS) is 9.86. The molecule has 0 fully saturated rings. The maximum Gasteiger partial charge on any atom is 0.253 e. The van der Waals surface area contributed by atoms with Crippen LogP contribution in [-0.4, -0.2) is 19.0 Å². The van der Waals surface area contributed by atoms with Gasteiger partial charge >= 0.3 is 0 Å². The molecule has 0 spiro atoms. The van der Waals surface area contributed by atoms with Gasteiger partial charge in [-0.05, 0) is 12.1 Å². The second-order valence-corrected chi connectivity index (χ2v) is 2.75. The Morgan fingerprint density at radius 3 is 2.86 bits per heavy atom. The number of amides is 1. The van der Waals surface area contributed by atoms with E-state index in [1.807, 2.05) is 0 Å². The van der Waals surface area contributed by atoms with Crippen LogP contribution in [0.1, 0.15) is 10.4 Å². The average molecular weight is 197 g/mol. The summed E-state index contributed by atoms with van der Waals surface area (Å²) >= 11 is 0. The van der Waals surface area contributed by atoms with Gasteiger partial charge in [0, 0.05) is 13.1 Å². The standard InChI is InChI=1S/C9H12FN3O/c10-7-3-1-2-6(8(7)12)9(14)13-5-4-11/h1-3H,4-5,11-12H2,(H,13,14). The van der Waals surface area contributed by atoms with Crippen LogP contribution in [-0.2, 0) is 0 Å². The molecule has 5 N–H and O–H groups in total. The average Bonchev–Trinajstić information content (AvgIpc) is 2.18. The van der Waals surface area contributed by atoms with Crippen LogP contribution in [0.25, 0.3) is 0 Å². The van der Waals surface area contributed by atoms with Crippen LogP contribution in [0.15, 0.2) is 18.2 Å². The number of rotatable bonds is 3. The van der Waals surface area contributed by atoms with Gasteiger partial charge in [0.25, 0.3) is 5.91 Å². The molecule has 0 bridgehead atoms. The molecular formula is C9H12FN3O. The van der Waals surface area contributed by atoms with E-state index in [4.69, 9.17) is 11.5 Å². The van der Waals surface area contributed by atoms with Gasteiger partial charge in [0.2, 0.25) is 0 Å². The molecule has 1 aromatic carbocycles. The van der Waals surface area contributed by atoms with Crippen molar-refractivity contribution >= 4 is 11.6 Å². The van der Waals surface area contributed by atoms with E-state index >= 15 is 0 Å². The van der Waals surface area contributed by atoms with Crippen LogP contribution < -0.4 is 16.8 Å². The molecule has 0 heterocycles. The minimum atomic E-state index is -0.592. The number of nitrogens with one attached hydrogen (secondary N) is 1. The lowest BCUT2D eigenvalue weighted by molar-refractivity contribution is 0.0955. The summed E-state index contributed by atoms with van der Waals surface area (Å²) in [7, 11) is 0. The Hall–Kier alpha value is -1.62. The second kappa shape index (κ2) is 4.57. The summed E-state index contributed by atoms with van der Waals surface area (Å²) in [6.07, 6.45) is 0. The van der Waals surface area contributed by atoms with E-state index in [-0.39, 0.29) is 11.3 Å². The molecule has 5 heteroatoms. The minimum absolute atomic E-state index is 0.137. The topological polar surface area (TPSA) is 81.1 Å². The molecule has 0 aromatic heterocycles. The Morgan fingerprint density at radius 2 is 2.21 bits per heavy atom. The molecule has 0 aliphatic rings. The molecule has 0 aliphatic heterocycles. The van der Waals surface area contributed by atoms with Gasteiger partial charge in [-0.2, -0.15) is 0 Å². The van der Waals surface area contributed by atoms with Crippen molar-refractivity contribution < 1.29 is 9.18 Å². The van der Waals surface area contributed by atoms with E-state index in [0.29, 0.717) is 13.1 Å². The third-order valence-electron chi connectivity index (χ3n) is 1.73. The van der Waals surface area contributed by atoms with Gasteiger partial charge in [0.15, 0.2) is 0 Å². The van der Waals surface area contributed by atoms with Crippen molar-refractivity contribution in [2.45, 2.75) is 0 Å². The number of hydrogen-bond donors (Lipinski definition) is 3. The van der Waals surface area contributed by atoms with E-state index in [9.17, 15) is 9.18 Å². The molecular weight excluding hydrogens is 185 g/mol. The third kappa shape index (κ3) is 2.20. The van der Waals surface area contributed by atoms with Crippen molar-refractivity contribution in [3.05, 3.63) is 29.6 Å². The summed E-state index contributed by atoms with van der Waals surface area (Å²) in [6, 6.07) is 4.10. The Bertz CT molecular complexity index is 341. The maximum absolute atomic E-state index is 12.9. The Balaban J connectivity index is 2.84. The summed E-state index contributed by atoms with van der Waals surface area (Å²) < 4.78 is 12.9. The number of hydrogen-bond acceptors (Lipinski definition) is 3. The number of anilines is 1. The molecule has 1 rings (SSSR count). The number of carbonyl (C=O) groups is 1. The predicted molar refractivity (Wildman–Crippen MR) is 52.2 cm³/mol. The van der Waals surface area contributed by atoms with Crippen molar-refractivity contribution in [2.24, 2.45) is 5.73 Å². The van der Waals surface area contributed by atoms with Crippen LogP contribution >= 0.6 is 0 Å². The number of benzene rings is 1. The molecule has 1 aromatic rings. The maximum atomic E-state index is 12.9. The predicted octanol–water partition coefficient (Wildman–Crippen LogP) is 0.0964. The first-order valence-corrected chi connectivity index (χ1v) is 4.19. The largest absolute Gasteiger partial charge is 0.396 e. The van der Waals surface area contributed by atoms with Gasteiger partial charge in [-0.15, -0.1) is 0 Å². The third-order valence-corrected chi connectivity index (χ3v) is 1.73. The summed E-state index contributed by atoms with van der Waals surface area (Å²) in [5.74, 6) is -1.00. The number of carbonyl (C=O) groups excluding carboxylic acids is 1. The van der Waals surface area contributed by atoms with Crippen molar-refractivity contribution in [2.75, 3.05) is 18.8 Å². The Kier molecular flexibility index (Phi) is 3.41. The van der Waals surface area contributed by atoms with Gasteiger partial charge in [0.05, 0.1) is 11.3 Å². The highest BCUT2D eigenvalue weighted by atomic mass is 19.1. The highest BCUT2D eigenvalue weighted by Crippen LogP contribution is 2.15. The molecule has 0 unspecified atom stereocenters. The zero-order valence-corrected chi connectivity index (χ0v) is 7.59. The van der Waals surface area contributed by atoms with Crippen LogP contribution in [0.3, 0.4) is 0 Å². The molecule has 14 heavy (non-hydrogen) atoms. The molecule has 0 saturated heterocycles. The van der Waals surface area contributed by atoms with Gasteiger partial charge in [-0.25, -0.2) is 4.39 Å². The van der Waals surface area contributed by atoms with E-state index in [0.717, 1.165) is 0 Å². The van der Waals surface area contributed by atoms with Gasteiger partial charge in [0.1, 0.15) is 5.82 Å². The van der Waals surface area contributed by atoms with E-state index in [1.165, 1.54) is 18.2 Å². The second-order valence-electron chi connectivity index (χ2n) is 2.75. The molecule has 4 nitrogen and oxygen atoms in total. The fourth-order valence-corrected chi connectivity index (χ4v) is 1.02. The number of nitrogens with two attached hydrogens (primary N) is 2. The quantitative estimate of drug-likeness (QED) is 0.601. The zero-order chi connectivity index (χ0) is 10.6. The van der Waals surface area contributed by atoms with Crippen LogP contribution in [0.5, 0.6) is 0 Å². The van der Waals surface area contributed by atoms with Crippen LogP contribution in [0.2, 0.25) is 0 Å². The number of halogens is 1. The molecule has 0 aliphatic carbocycles. The highest BCUT2D eigenvalue weighted by molar-refractivity contribution is 5.99. The summed E-state index contributed by atoms with van der Waals surface area (Å²) in [6.45, 7) is 0.676. The Labute approximate surface area is 81.1 Å². The summed E-state index contributed by atoms with van der Waals surface area (Å²) in [4.78, 5) is 11.4. The first kappa shape index (κ1) is 10.5. The smallest absolute Gasteiger partial charge is 0.253 e. The zero-order valence-electron chi connectivity index (χ0n) is 7.59. The van der Waals surface area contributed by atoms with Crippen molar-refractivity contribution in [1.29, 1.82) is 0 Å². The Morgan fingerprint density at radius 1 is 1.50 bits per heavy atom. The number of nitrogen functional groups attached to an aromatic ring is 1. The van der Waals surface area contributed by atoms with E-state index in [2.05, 4.69) is 5.32 Å². The van der Waals surface area contributed by atoms with Crippen molar-refractivity contribution in [3.63, 3.8) is 0 Å². The first-order valence-electron chi connectivity index (χ1n) is 4.19. The fourth-order valence-electron chi connectivity index (χ4n) is 1.02. The highest BCUT2D eigenvalue weighted by Gasteiger charge is 2.11. The van der Waals surface area contributed by atoms with Gasteiger partial charge < -0.3 is 16.8 Å². The first-order chi connectivity index (χ1) is 6.66. The minimum Gasteiger partial charge on any atom is -0.396 e. The van der Waals surface area contributed by atoms with E-state index < -0.39 is 11.7 Å². The fraction of sp³-hybridized carbons (Fsp3) is 0.222. The van der Waals surface area contributed by atoms with Crippen molar-refractivity contribution in [1.82, 2.24) is 5.32 Å². The lowest BCUT2D eigenvalue weighted by Crippen LogP contribution is -2.29. The molecule has 1 amide bonds. The summed E-state index contributed by atoms with van der Waals surface area (Å²) in [5.41, 5.74) is 10.6. The van der Waals surface area contributed by atoms with Crippen LogP contribution in [0.4, 0.5) is 10.1 Å². The summed E-state index contributed by atoms with van der Waals surface area (Å²) in [5, 5.41) is 2.51. The van der Waals surface area contributed by atoms with E-state index in [1.54, 1.807) is 0 Å². The number of para-hydroxylation sites is 1. The molecule has 0 atom stereocenters. The van der Waals surface area contributed by atoms with Crippen LogP contribution in [0, 0.1) is 5.82 Å². The lowest BCUT2D eigenvalue weighted by Gasteiger charge is -2.06. The van der Waals surface area contributed by atoms with Gasteiger partial charge in [-0.1, -0.05) is 6.07 Å². The monoisotopic (exact) mass is 197 g/mol. The molecule has 0 radical (unpaired) electrons. The SMILES string of the molecule is NCCNC(=O)c1cccc(F)c1N. The van der Waals surface area contributed by atoms with Crippen molar-refractivity contribution in [3.8, 4) is 0 Å².